The third-order valence-electron chi connectivity index (χ3n) is 3.26. The number of aromatic nitrogens is 3. The number of hydrogen-bond acceptors (Lipinski definition) is 3. The third-order valence-corrected chi connectivity index (χ3v) is 3.26. The van der Waals surface area contributed by atoms with Crippen LogP contribution in [0.2, 0.25) is 0 Å². The summed E-state index contributed by atoms with van der Waals surface area (Å²) < 4.78 is 66.0. The van der Waals surface area contributed by atoms with E-state index in [-0.39, 0.29) is 0 Å². The lowest BCUT2D eigenvalue weighted by atomic mass is 10.1. The zero-order valence-electron chi connectivity index (χ0n) is 13.2. The van der Waals surface area contributed by atoms with Crippen molar-refractivity contribution < 1.29 is 26.7 Å². The van der Waals surface area contributed by atoms with Crippen LogP contribution in [-0.4, -0.2) is 20.8 Å². The Bertz CT molecular complexity index is 750. The lowest BCUT2D eigenvalue weighted by Gasteiger charge is -2.15. The highest BCUT2D eigenvalue weighted by Gasteiger charge is 2.38. The average molecular weight is 363 g/mol. The van der Waals surface area contributed by atoms with Gasteiger partial charge in [-0.25, -0.2) is 23.2 Å². The molecule has 0 aliphatic rings. The van der Waals surface area contributed by atoms with Crippen LogP contribution in [0, 0.1) is 11.6 Å². The number of benzene rings is 1. The Labute approximate surface area is 139 Å². The second kappa shape index (κ2) is 7.03. The van der Waals surface area contributed by atoms with Gasteiger partial charge in [0, 0.05) is 12.2 Å². The van der Waals surface area contributed by atoms with E-state index in [1.807, 2.05) is 6.92 Å². The summed E-state index contributed by atoms with van der Waals surface area (Å²) in [5, 5.41) is 8.46. The number of nitrogens with one attached hydrogen (secondary N) is 2. The predicted octanol–water partition coefficient (Wildman–Crippen LogP) is 3.48. The lowest BCUT2D eigenvalue weighted by Crippen LogP contribution is -2.32. The summed E-state index contributed by atoms with van der Waals surface area (Å²) in [4.78, 5) is 15.9. The molecule has 1 heterocycles. The van der Waals surface area contributed by atoms with E-state index in [0.717, 1.165) is 0 Å². The van der Waals surface area contributed by atoms with Crippen LogP contribution in [0.4, 0.5) is 32.4 Å². The summed E-state index contributed by atoms with van der Waals surface area (Å²) >= 11 is 0. The zero-order chi connectivity index (χ0) is 18.8. The molecule has 0 unspecified atom stereocenters. The molecule has 0 fully saturated rings. The van der Waals surface area contributed by atoms with Gasteiger partial charge in [-0.15, -0.1) is 0 Å². The molecule has 2 N–H and O–H groups in total. The Morgan fingerprint density at radius 2 is 1.88 bits per heavy atom. The van der Waals surface area contributed by atoms with Crippen molar-refractivity contribution in [1.29, 1.82) is 0 Å². The number of halogens is 5. The van der Waals surface area contributed by atoms with Gasteiger partial charge in [-0.05, 0) is 26.0 Å². The fraction of sp³-hybridized carbons (Fsp3) is 0.357. The second-order valence-corrected chi connectivity index (χ2v) is 5.07. The molecule has 0 saturated carbocycles. The molecule has 2 aromatic rings. The van der Waals surface area contributed by atoms with Crippen molar-refractivity contribution in [2.24, 2.45) is 0 Å². The van der Waals surface area contributed by atoms with Crippen LogP contribution >= 0.6 is 0 Å². The monoisotopic (exact) mass is 363 g/mol. The first kappa shape index (κ1) is 18.6. The molecular weight excluding hydrogens is 349 g/mol. The summed E-state index contributed by atoms with van der Waals surface area (Å²) in [6.07, 6.45) is -3.87. The number of amides is 2. The standard InChI is InChI=1S/C14H14F5N5O/c1-3-24-12(20-6-21-24)7(2)22-13(25)23-8-4-9(15)11(10(16)5-8)14(17,18)19/h4-7H,3H2,1-2H3,(H2,22,23,25)/t7-/m0/s1. The fourth-order valence-electron chi connectivity index (χ4n) is 2.20. The maximum atomic E-state index is 13.5. The SMILES string of the molecule is CCn1ncnc1[C@H](C)NC(=O)Nc1cc(F)c(C(F)(F)F)c(F)c1. The maximum absolute atomic E-state index is 13.5. The van der Waals surface area contributed by atoms with Crippen molar-refractivity contribution in [3.63, 3.8) is 0 Å². The van der Waals surface area contributed by atoms with Crippen molar-refractivity contribution in [2.45, 2.75) is 32.6 Å². The van der Waals surface area contributed by atoms with Crippen LogP contribution < -0.4 is 10.6 Å². The summed E-state index contributed by atoms with van der Waals surface area (Å²) in [6, 6.07) is -0.668. The van der Waals surface area contributed by atoms with E-state index in [2.05, 4.69) is 20.7 Å². The van der Waals surface area contributed by atoms with Crippen molar-refractivity contribution in [2.75, 3.05) is 5.32 Å². The van der Waals surface area contributed by atoms with Gasteiger partial charge in [-0.3, -0.25) is 0 Å². The van der Waals surface area contributed by atoms with Crippen molar-refractivity contribution in [3.8, 4) is 0 Å². The first-order chi connectivity index (χ1) is 11.6. The van der Waals surface area contributed by atoms with E-state index < -0.39 is 41.1 Å². The largest absolute Gasteiger partial charge is 0.422 e. The molecule has 0 aliphatic carbocycles. The smallest absolute Gasteiger partial charge is 0.328 e. The number of urea groups is 1. The van der Waals surface area contributed by atoms with Gasteiger partial charge in [0.25, 0.3) is 0 Å². The highest BCUT2D eigenvalue weighted by Crippen LogP contribution is 2.34. The molecule has 25 heavy (non-hydrogen) atoms. The Morgan fingerprint density at radius 1 is 1.28 bits per heavy atom. The minimum Gasteiger partial charge on any atom is -0.328 e. The average Bonchev–Trinajstić information content (AvgIpc) is 2.92. The lowest BCUT2D eigenvalue weighted by molar-refractivity contribution is -0.142. The van der Waals surface area contributed by atoms with E-state index in [1.165, 1.54) is 11.0 Å². The number of hydrogen-bond donors (Lipinski definition) is 2. The number of anilines is 1. The number of carbonyl (C=O) groups is 1. The zero-order valence-corrected chi connectivity index (χ0v) is 13.2. The molecule has 2 amide bonds. The van der Waals surface area contributed by atoms with Crippen LogP contribution in [0.5, 0.6) is 0 Å². The van der Waals surface area contributed by atoms with Gasteiger partial charge in [0.1, 0.15) is 29.3 Å². The molecule has 0 saturated heterocycles. The van der Waals surface area contributed by atoms with Crippen LogP contribution in [0.15, 0.2) is 18.5 Å². The van der Waals surface area contributed by atoms with Crippen LogP contribution in [0.3, 0.4) is 0 Å². The summed E-state index contributed by atoms with van der Waals surface area (Å²) in [5.41, 5.74) is -2.47. The van der Waals surface area contributed by atoms with Crippen LogP contribution in [-0.2, 0) is 12.7 Å². The minimum absolute atomic E-state index is 0.394. The molecule has 1 atom stereocenters. The molecule has 0 radical (unpaired) electrons. The van der Waals surface area contributed by atoms with Gasteiger partial charge in [-0.1, -0.05) is 0 Å². The molecule has 2 rings (SSSR count). The fourth-order valence-corrected chi connectivity index (χ4v) is 2.20. The molecule has 0 aliphatic heterocycles. The highest BCUT2D eigenvalue weighted by molar-refractivity contribution is 5.89. The van der Waals surface area contributed by atoms with E-state index in [9.17, 15) is 26.7 Å². The normalized spacial score (nSPS) is 12.8. The van der Waals surface area contributed by atoms with Crippen LogP contribution in [0.25, 0.3) is 0 Å². The summed E-state index contributed by atoms with van der Waals surface area (Å²) in [5.74, 6) is -3.19. The molecule has 6 nitrogen and oxygen atoms in total. The predicted molar refractivity (Wildman–Crippen MR) is 77.6 cm³/mol. The molecule has 136 valence electrons. The van der Waals surface area contributed by atoms with Gasteiger partial charge in [0.05, 0.1) is 6.04 Å². The second-order valence-electron chi connectivity index (χ2n) is 5.07. The number of carbonyl (C=O) groups excluding carboxylic acids is 1. The van der Waals surface area contributed by atoms with Crippen LogP contribution in [0.1, 0.15) is 31.3 Å². The molecule has 0 spiro atoms. The molecule has 1 aromatic carbocycles. The third kappa shape index (κ3) is 4.22. The van der Waals surface area contributed by atoms with E-state index in [1.54, 1.807) is 6.92 Å². The van der Waals surface area contributed by atoms with Gasteiger partial charge in [0.15, 0.2) is 0 Å². The molecular formula is C14H14F5N5O. The van der Waals surface area contributed by atoms with Gasteiger partial charge in [-0.2, -0.15) is 18.3 Å². The van der Waals surface area contributed by atoms with Crippen molar-refractivity contribution >= 4 is 11.7 Å². The summed E-state index contributed by atoms with van der Waals surface area (Å²) in [7, 11) is 0. The maximum Gasteiger partial charge on any atom is 0.422 e. The minimum atomic E-state index is -5.17. The Hall–Kier alpha value is -2.72. The van der Waals surface area contributed by atoms with Gasteiger partial charge in [0.2, 0.25) is 0 Å². The van der Waals surface area contributed by atoms with Gasteiger partial charge >= 0.3 is 12.2 Å². The first-order valence-electron chi connectivity index (χ1n) is 7.15. The number of alkyl halides is 3. The quantitative estimate of drug-likeness (QED) is 0.817. The first-order valence-corrected chi connectivity index (χ1v) is 7.15. The Balaban J connectivity index is 2.11. The highest BCUT2D eigenvalue weighted by atomic mass is 19.4. The van der Waals surface area contributed by atoms with E-state index in [0.29, 0.717) is 24.5 Å². The number of rotatable bonds is 4. The van der Waals surface area contributed by atoms with Gasteiger partial charge < -0.3 is 10.6 Å². The van der Waals surface area contributed by atoms with E-state index >= 15 is 0 Å². The van der Waals surface area contributed by atoms with E-state index in [4.69, 9.17) is 0 Å². The summed E-state index contributed by atoms with van der Waals surface area (Å²) in [6.45, 7) is 3.93. The van der Waals surface area contributed by atoms with Crippen molar-refractivity contribution in [1.82, 2.24) is 20.1 Å². The molecule has 1 aromatic heterocycles. The molecule has 11 heteroatoms. The topological polar surface area (TPSA) is 71.8 Å². The van der Waals surface area contributed by atoms with Crippen molar-refractivity contribution in [3.05, 3.63) is 41.5 Å². The Morgan fingerprint density at radius 3 is 2.40 bits per heavy atom. The number of nitrogens with zero attached hydrogens (tertiary/aromatic N) is 3. The molecule has 0 bridgehead atoms. The Kier molecular flexibility index (Phi) is 5.24. The number of aryl methyl sites for hydroxylation is 1.